The lowest BCUT2D eigenvalue weighted by Crippen LogP contribution is -2.45. The van der Waals surface area contributed by atoms with E-state index < -0.39 is 17.6 Å². The third-order valence-corrected chi connectivity index (χ3v) is 3.67. The van der Waals surface area contributed by atoms with Gasteiger partial charge in [0.1, 0.15) is 5.82 Å². The zero-order valence-corrected chi connectivity index (χ0v) is 14.0. The van der Waals surface area contributed by atoms with Crippen molar-refractivity contribution in [1.82, 2.24) is 10.2 Å². The Morgan fingerprint density at radius 1 is 1.22 bits per heavy atom. The lowest BCUT2D eigenvalue weighted by Gasteiger charge is -2.35. The molecule has 1 aromatic rings. The van der Waals surface area contributed by atoms with Crippen molar-refractivity contribution in [1.29, 1.82) is 0 Å². The molecule has 1 fully saturated rings. The number of halogens is 6. The van der Waals surface area contributed by atoms with Crippen LogP contribution in [0.1, 0.15) is 23.6 Å². The third-order valence-electron chi connectivity index (χ3n) is 3.67. The first-order chi connectivity index (χ1) is 9.93. The minimum absolute atomic E-state index is 0. The van der Waals surface area contributed by atoms with Crippen LogP contribution in [0.5, 0.6) is 0 Å². The maximum atomic E-state index is 14.1. The molecule has 0 saturated carbocycles. The molecule has 1 aliphatic heterocycles. The Labute approximate surface area is 145 Å². The SMILES string of the molecule is C=CC[C@H](c1ccc(C(F)(F)F)cc1F)N1CCNCC1.Cl.Cl. The van der Waals surface area contributed by atoms with Crippen LogP contribution in [0.15, 0.2) is 30.9 Å². The van der Waals surface area contributed by atoms with E-state index in [2.05, 4.69) is 16.8 Å². The molecule has 1 atom stereocenters. The molecule has 1 saturated heterocycles. The van der Waals surface area contributed by atoms with Gasteiger partial charge in [0, 0.05) is 37.8 Å². The van der Waals surface area contributed by atoms with Gasteiger partial charge >= 0.3 is 6.18 Å². The molecule has 1 aromatic carbocycles. The molecule has 2 rings (SSSR count). The Kier molecular flexibility index (Phi) is 9.13. The Morgan fingerprint density at radius 2 is 1.83 bits per heavy atom. The van der Waals surface area contributed by atoms with Crippen LogP contribution in [0.4, 0.5) is 17.6 Å². The van der Waals surface area contributed by atoms with Crippen molar-refractivity contribution in [2.45, 2.75) is 18.6 Å². The minimum Gasteiger partial charge on any atom is -0.314 e. The highest BCUT2D eigenvalue weighted by molar-refractivity contribution is 5.85. The van der Waals surface area contributed by atoms with Gasteiger partial charge in [0.05, 0.1) is 5.56 Å². The fraction of sp³-hybridized carbons (Fsp3) is 0.467. The van der Waals surface area contributed by atoms with Gasteiger partial charge in [0.25, 0.3) is 0 Å². The number of piperazine rings is 1. The molecule has 0 spiro atoms. The molecule has 23 heavy (non-hydrogen) atoms. The van der Waals surface area contributed by atoms with Gasteiger partial charge in [-0.25, -0.2) is 4.39 Å². The second-order valence-corrected chi connectivity index (χ2v) is 5.06. The van der Waals surface area contributed by atoms with Gasteiger partial charge in [0.2, 0.25) is 0 Å². The van der Waals surface area contributed by atoms with Crippen LogP contribution < -0.4 is 5.32 Å². The number of benzene rings is 1. The summed E-state index contributed by atoms with van der Waals surface area (Å²) in [5.41, 5.74) is -0.661. The maximum absolute atomic E-state index is 14.1. The Bertz CT molecular complexity index is 503. The fourth-order valence-corrected chi connectivity index (χ4v) is 2.60. The van der Waals surface area contributed by atoms with E-state index in [1.807, 2.05) is 0 Å². The van der Waals surface area contributed by atoms with E-state index in [-0.39, 0.29) is 30.9 Å². The second kappa shape index (κ2) is 9.47. The predicted octanol–water partition coefficient (Wildman–Crippen LogP) is 4.21. The topological polar surface area (TPSA) is 15.3 Å². The van der Waals surface area contributed by atoms with Crippen LogP contribution in [-0.2, 0) is 6.18 Å². The number of rotatable bonds is 4. The van der Waals surface area contributed by atoms with Crippen LogP contribution in [0.3, 0.4) is 0 Å². The Morgan fingerprint density at radius 3 is 2.30 bits per heavy atom. The summed E-state index contributed by atoms with van der Waals surface area (Å²) in [7, 11) is 0. The van der Waals surface area contributed by atoms with Gasteiger partial charge in [-0.1, -0.05) is 12.1 Å². The zero-order valence-electron chi connectivity index (χ0n) is 12.4. The summed E-state index contributed by atoms with van der Waals surface area (Å²) < 4.78 is 51.9. The van der Waals surface area contributed by atoms with E-state index in [0.717, 1.165) is 32.2 Å². The first-order valence-corrected chi connectivity index (χ1v) is 6.86. The minimum atomic E-state index is -4.53. The molecule has 0 bridgehead atoms. The van der Waals surface area contributed by atoms with Gasteiger partial charge < -0.3 is 5.32 Å². The highest BCUT2D eigenvalue weighted by atomic mass is 35.5. The number of hydrogen-bond donors (Lipinski definition) is 1. The second-order valence-electron chi connectivity index (χ2n) is 5.06. The van der Waals surface area contributed by atoms with Crippen molar-refractivity contribution in [3.63, 3.8) is 0 Å². The summed E-state index contributed by atoms with van der Waals surface area (Å²) in [5.74, 6) is -0.810. The Hall–Kier alpha value is -0.820. The smallest absolute Gasteiger partial charge is 0.314 e. The molecular weight excluding hydrogens is 355 g/mol. The maximum Gasteiger partial charge on any atom is 0.416 e. The highest BCUT2D eigenvalue weighted by Gasteiger charge is 2.32. The number of nitrogens with one attached hydrogen (secondary N) is 1. The van der Waals surface area contributed by atoms with Gasteiger partial charge in [-0.15, -0.1) is 31.4 Å². The molecule has 0 aliphatic carbocycles. The van der Waals surface area contributed by atoms with Crippen molar-refractivity contribution in [2.24, 2.45) is 0 Å². The molecule has 8 heteroatoms. The van der Waals surface area contributed by atoms with Crippen molar-refractivity contribution in [3.8, 4) is 0 Å². The third kappa shape index (κ3) is 5.64. The van der Waals surface area contributed by atoms with E-state index >= 15 is 0 Å². The average Bonchev–Trinajstić information content (AvgIpc) is 2.45. The van der Waals surface area contributed by atoms with E-state index in [9.17, 15) is 17.6 Å². The number of hydrogen-bond acceptors (Lipinski definition) is 2. The van der Waals surface area contributed by atoms with Crippen molar-refractivity contribution in [3.05, 3.63) is 47.8 Å². The predicted molar refractivity (Wildman–Crippen MR) is 87.9 cm³/mol. The standard InChI is InChI=1S/C15H18F4N2.2ClH/c1-2-3-14(21-8-6-20-7-9-21)12-5-4-11(10-13(12)16)15(17,18)19;;/h2,4-5,10,14,20H,1,3,6-9H2;2*1H/t14-;;/m1../s1. The molecule has 1 aliphatic rings. The average molecular weight is 375 g/mol. The number of alkyl halides is 3. The van der Waals surface area contributed by atoms with E-state index in [0.29, 0.717) is 18.1 Å². The normalized spacial score (nSPS) is 16.9. The molecule has 0 amide bonds. The van der Waals surface area contributed by atoms with Crippen molar-refractivity contribution in [2.75, 3.05) is 26.2 Å². The summed E-state index contributed by atoms with van der Waals surface area (Å²) in [5, 5.41) is 3.20. The van der Waals surface area contributed by atoms with Gasteiger partial charge in [-0.05, 0) is 18.6 Å². The van der Waals surface area contributed by atoms with Crippen LogP contribution >= 0.6 is 24.8 Å². The van der Waals surface area contributed by atoms with Crippen LogP contribution in [0.25, 0.3) is 0 Å². The van der Waals surface area contributed by atoms with E-state index in [1.165, 1.54) is 6.07 Å². The molecule has 1 N–H and O–H groups in total. The van der Waals surface area contributed by atoms with Crippen molar-refractivity contribution >= 4 is 24.8 Å². The van der Waals surface area contributed by atoms with Crippen LogP contribution in [-0.4, -0.2) is 31.1 Å². The van der Waals surface area contributed by atoms with Gasteiger partial charge in [0.15, 0.2) is 0 Å². The van der Waals surface area contributed by atoms with E-state index in [1.54, 1.807) is 6.08 Å². The summed E-state index contributed by atoms with van der Waals surface area (Å²) >= 11 is 0. The lowest BCUT2D eigenvalue weighted by molar-refractivity contribution is -0.137. The molecule has 0 unspecified atom stereocenters. The highest BCUT2D eigenvalue weighted by Crippen LogP contribution is 2.33. The summed E-state index contributed by atoms with van der Waals surface area (Å²) in [6, 6.07) is 2.49. The molecule has 1 heterocycles. The first kappa shape index (κ1) is 22.2. The first-order valence-electron chi connectivity index (χ1n) is 6.86. The van der Waals surface area contributed by atoms with Crippen LogP contribution in [0, 0.1) is 5.82 Å². The summed E-state index contributed by atoms with van der Waals surface area (Å²) in [6.07, 6.45) is -2.35. The zero-order chi connectivity index (χ0) is 15.5. The fourth-order valence-electron chi connectivity index (χ4n) is 2.60. The molecule has 0 aromatic heterocycles. The van der Waals surface area contributed by atoms with Gasteiger partial charge in [-0.3, -0.25) is 4.90 Å². The summed E-state index contributed by atoms with van der Waals surface area (Å²) in [6.45, 7) is 6.71. The van der Waals surface area contributed by atoms with E-state index in [4.69, 9.17) is 0 Å². The molecule has 0 radical (unpaired) electrons. The summed E-state index contributed by atoms with van der Waals surface area (Å²) in [4.78, 5) is 2.07. The van der Waals surface area contributed by atoms with Crippen molar-refractivity contribution < 1.29 is 17.6 Å². The monoisotopic (exact) mass is 374 g/mol. The largest absolute Gasteiger partial charge is 0.416 e. The molecule has 132 valence electrons. The Balaban J connectivity index is 0.00000242. The molecular formula is C15H20Cl2F4N2. The number of nitrogens with zero attached hydrogens (tertiary/aromatic N) is 1. The lowest BCUT2D eigenvalue weighted by atomic mass is 9.99. The molecule has 2 nitrogen and oxygen atoms in total. The van der Waals surface area contributed by atoms with Gasteiger partial charge in [-0.2, -0.15) is 13.2 Å². The quantitative estimate of drug-likeness (QED) is 0.627. The van der Waals surface area contributed by atoms with Crippen LogP contribution in [0.2, 0.25) is 0 Å².